The first-order valence-corrected chi connectivity index (χ1v) is 7.29. The van der Waals surface area contributed by atoms with Gasteiger partial charge in [0.1, 0.15) is 0 Å². The van der Waals surface area contributed by atoms with E-state index in [9.17, 15) is 13.2 Å². The predicted octanol–water partition coefficient (Wildman–Crippen LogP) is 0.831. The number of carbonyl (C=O) groups is 1. The second-order valence-corrected chi connectivity index (χ2v) is 5.75. The summed E-state index contributed by atoms with van der Waals surface area (Å²) in [5, 5.41) is 0. The Morgan fingerprint density at radius 2 is 2.05 bits per heavy atom. The van der Waals surface area contributed by atoms with Crippen LogP contribution < -0.4 is 10.5 Å². The Hall–Kier alpha value is -1.15. The van der Waals surface area contributed by atoms with Gasteiger partial charge < -0.3 is 10.5 Å². The maximum absolute atomic E-state index is 12.1. The molecule has 114 valence electrons. The third-order valence-electron chi connectivity index (χ3n) is 2.57. The van der Waals surface area contributed by atoms with Gasteiger partial charge >= 0.3 is 5.97 Å². The largest absolute Gasteiger partial charge is 0.465 e. The Morgan fingerprint density at radius 3 is 2.60 bits per heavy atom. The van der Waals surface area contributed by atoms with Crippen LogP contribution in [0, 0.1) is 6.92 Å². The Labute approximate surface area is 125 Å². The van der Waals surface area contributed by atoms with Gasteiger partial charge in [0.05, 0.1) is 17.6 Å². The Kier molecular flexibility index (Phi) is 7.74. The van der Waals surface area contributed by atoms with Crippen molar-refractivity contribution in [3.63, 3.8) is 0 Å². The SMILES string of the molecule is COC(=O)c1ccc(C)c(S(=O)(=O)NCCCN)c1.Cl. The fourth-order valence-corrected chi connectivity index (χ4v) is 2.86. The summed E-state index contributed by atoms with van der Waals surface area (Å²) in [7, 11) is -2.39. The topological polar surface area (TPSA) is 98.5 Å². The molecule has 0 amide bonds. The lowest BCUT2D eigenvalue weighted by Gasteiger charge is -2.10. The molecular weight excluding hydrogens is 304 g/mol. The third kappa shape index (κ3) is 4.75. The summed E-state index contributed by atoms with van der Waals surface area (Å²) < 4.78 is 31.2. The van der Waals surface area contributed by atoms with Gasteiger partial charge in [-0.25, -0.2) is 17.9 Å². The van der Waals surface area contributed by atoms with Crippen molar-refractivity contribution >= 4 is 28.4 Å². The van der Waals surface area contributed by atoms with E-state index in [-0.39, 0.29) is 29.4 Å². The molecule has 20 heavy (non-hydrogen) atoms. The number of esters is 1. The van der Waals surface area contributed by atoms with Gasteiger partial charge in [-0.05, 0) is 37.6 Å². The molecule has 0 spiro atoms. The molecule has 6 nitrogen and oxygen atoms in total. The van der Waals surface area contributed by atoms with Crippen molar-refractivity contribution < 1.29 is 17.9 Å². The maximum Gasteiger partial charge on any atom is 0.337 e. The molecule has 0 fully saturated rings. The normalized spacial score (nSPS) is 10.8. The zero-order chi connectivity index (χ0) is 14.5. The van der Waals surface area contributed by atoms with Crippen LogP contribution in [0.2, 0.25) is 0 Å². The van der Waals surface area contributed by atoms with Crippen molar-refractivity contribution in [2.75, 3.05) is 20.2 Å². The van der Waals surface area contributed by atoms with Crippen molar-refractivity contribution in [2.24, 2.45) is 5.73 Å². The van der Waals surface area contributed by atoms with Gasteiger partial charge in [-0.1, -0.05) is 6.07 Å². The van der Waals surface area contributed by atoms with E-state index in [0.717, 1.165) is 0 Å². The predicted molar refractivity (Wildman–Crippen MR) is 78.6 cm³/mol. The Bertz CT molecular complexity index is 561. The minimum absolute atomic E-state index is 0. The highest BCUT2D eigenvalue weighted by atomic mass is 35.5. The summed E-state index contributed by atoms with van der Waals surface area (Å²) >= 11 is 0. The Balaban J connectivity index is 0.00000361. The van der Waals surface area contributed by atoms with Crippen LogP contribution >= 0.6 is 12.4 Å². The molecule has 0 saturated heterocycles. The second-order valence-electron chi connectivity index (χ2n) is 4.01. The molecule has 0 bridgehead atoms. The number of halogens is 1. The fourth-order valence-electron chi connectivity index (χ4n) is 1.52. The van der Waals surface area contributed by atoms with Crippen LogP contribution in [0.3, 0.4) is 0 Å². The van der Waals surface area contributed by atoms with Crippen molar-refractivity contribution in [1.29, 1.82) is 0 Å². The maximum atomic E-state index is 12.1. The number of aryl methyl sites for hydroxylation is 1. The molecule has 1 aromatic carbocycles. The number of nitrogens with one attached hydrogen (secondary N) is 1. The van der Waals surface area contributed by atoms with Gasteiger partial charge in [0.25, 0.3) is 0 Å². The quantitative estimate of drug-likeness (QED) is 0.597. The molecule has 0 saturated carbocycles. The van der Waals surface area contributed by atoms with Crippen molar-refractivity contribution in [3.8, 4) is 0 Å². The van der Waals surface area contributed by atoms with Crippen LogP contribution in [0.4, 0.5) is 0 Å². The average Bonchev–Trinajstić information content (AvgIpc) is 2.38. The number of ether oxygens (including phenoxy) is 1. The molecule has 0 heterocycles. The number of methoxy groups -OCH3 is 1. The van der Waals surface area contributed by atoms with Gasteiger partial charge in [0.2, 0.25) is 10.0 Å². The number of hydrogen-bond donors (Lipinski definition) is 2. The first-order chi connectivity index (χ1) is 8.92. The monoisotopic (exact) mass is 322 g/mol. The minimum Gasteiger partial charge on any atom is -0.465 e. The Morgan fingerprint density at radius 1 is 1.40 bits per heavy atom. The fraction of sp³-hybridized carbons (Fsp3) is 0.417. The van der Waals surface area contributed by atoms with Crippen LogP contribution in [-0.4, -0.2) is 34.6 Å². The molecule has 3 N–H and O–H groups in total. The number of benzene rings is 1. The number of sulfonamides is 1. The molecule has 0 aromatic heterocycles. The summed E-state index contributed by atoms with van der Waals surface area (Å²) in [5.41, 5.74) is 6.08. The van der Waals surface area contributed by atoms with Crippen LogP contribution in [0.25, 0.3) is 0 Å². The molecule has 0 aliphatic carbocycles. The van der Waals surface area contributed by atoms with Crippen LogP contribution in [0.5, 0.6) is 0 Å². The molecule has 0 aliphatic heterocycles. The molecule has 0 radical (unpaired) electrons. The molecule has 0 unspecified atom stereocenters. The molecule has 0 atom stereocenters. The van der Waals surface area contributed by atoms with Gasteiger partial charge in [-0.2, -0.15) is 0 Å². The van der Waals surface area contributed by atoms with Crippen molar-refractivity contribution in [1.82, 2.24) is 4.72 Å². The lowest BCUT2D eigenvalue weighted by atomic mass is 10.1. The van der Waals surface area contributed by atoms with E-state index in [1.54, 1.807) is 13.0 Å². The molecular formula is C12H19ClN2O4S. The van der Waals surface area contributed by atoms with Crippen LogP contribution in [-0.2, 0) is 14.8 Å². The minimum atomic E-state index is -3.64. The van der Waals surface area contributed by atoms with E-state index in [4.69, 9.17) is 5.73 Å². The summed E-state index contributed by atoms with van der Waals surface area (Å²) in [6.45, 7) is 2.34. The standard InChI is InChI=1S/C12H18N2O4S.ClH/c1-9-4-5-10(12(15)18-2)8-11(9)19(16,17)14-7-3-6-13;/h4-5,8,14H,3,6-7,13H2,1-2H3;1H. The molecule has 1 rings (SSSR count). The van der Waals surface area contributed by atoms with Crippen molar-refractivity contribution in [2.45, 2.75) is 18.2 Å². The molecule has 8 heteroatoms. The number of nitrogens with two attached hydrogens (primary N) is 1. The highest BCUT2D eigenvalue weighted by Gasteiger charge is 2.18. The molecule has 0 aliphatic rings. The number of carbonyl (C=O) groups excluding carboxylic acids is 1. The van der Waals surface area contributed by atoms with E-state index >= 15 is 0 Å². The van der Waals surface area contributed by atoms with Gasteiger partial charge in [-0.3, -0.25) is 0 Å². The van der Waals surface area contributed by atoms with E-state index in [1.807, 2.05) is 0 Å². The summed E-state index contributed by atoms with van der Waals surface area (Å²) in [6.07, 6.45) is 0.551. The second kappa shape index (κ2) is 8.21. The zero-order valence-electron chi connectivity index (χ0n) is 11.4. The molecule has 1 aromatic rings. The summed E-state index contributed by atoms with van der Waals surface area (Å²) in [6, 6.07) is 4.41. The summed E-state index contributed by atoms with van der Waals surface area (Å²) in [4.78, 5) is 11.5. The average molecular weight is 323 g/mol. The third-order valence-corrected chi connectivity index (χ3v) is 4.17. The van der Waals surface area contributed by atoms with E-state index < -0.39 is 16.0 Å². The van der Waals surface area contributed by atoms with Crippen LogP contribution in [0.1, 0.15) is 22.3 Å². The van der Waals surface area contributed by atoms with Crippen LogP contribution in [0.15, 0.2) is 23.1 Å². The lowest BCUT2D eigenvalue weighted by Crippen LogP contribution is -2.27. The number of hydrogen-bond acceptors (Lipinski definition) is 5. The highest BCUT2D eigenvalue weighted by molar-refractivity contribution is 7.89. The van der Waals surface area contributed by atoms with Crippen molar-refractivity contribution in [3.05, 3.63) is 29.3 Å². The summed E-state index contributed by atoms with van der Waals surface area (Å²) in [5.74, 6) is -0.571. The van der Waals surface area contributed by atoms with E-state index in [0.29, 0.717) is 18.5 Å². The van der Waals surface area contributed by atoms with E-state index in [2.05, 4.69) is 9.46 Å². The van der Waals surface area contributed by atoms with Gasteiger partial charge in [-0.15, -0.1) is 12.4 Å². The van der Waals surface area contributed by atoms with E-state index in [1.165, 1.54) is 19.2 Å². The number of rotatable bonds is 6. The first kappa shape index (κ1) is 18.9. The lowest BCUT2D eigenvalue weighted by molar-refractivity contribution is 0.0600. The zero-order valence-corrected chi connectivity index (χ0v) is 13.0. The highest BCUT2D eigenvalue weighted by Crippen LogP contribution is 2.17. The smallest absolute Gasteiger partial charge is 0.337 e. The first-order valence-electron chi connectivity index (χ1n) is 5.81. The van der Waals surface area contributed by atoms with Gasteiger partial charge in [0.15, 0.2) is 0 Å². The van der Waals surface area contributed by atoms with Gasteiger partial charge in [0, 0.05) is 6.54 Å².